The highest BCUT2D eigenvalue weighted by Gasteiger charge is 2.16. The maximum Gasteiger partial charge on any atom is 0.335 e. The molecule has 0 fully saturated rings. The Morgan fingerprint density at radius 1 is 1.42 bits per heavy atom. The molecule has 0 amide bonds. The zero-order valence-electron chi connectivity index (χ0n) is 12.3. The topological polar surface area (TPSA) is 53.4 Å². The first-order valence-corrected chi connectivity index (χ1v) is 6.98. The second-order valence-electron chi connectivity index (χ2n) is 4.96. The third-order valence-electron chi connectivity index (χ3n) is 3.36. The minimum atomic E-state index is -0.897. The molecule has 1 aromatic rings. The largest absolute Gasteiger partial charge is 0.478 e. The van der Waals surface area contributed by atoms with Gasteiger partial charge < -0.3 is 10.0 Å². The molecule has 4 nitrogen and oxygen atoms in total. The summed E-state index contributed by atoms with van der Waals surface area (Å²) < 4.78 is 0. The third kappa shape index (κ3) is 4.23. The molecule has 0 aliphatic rings. The lowest BCUT2D eigenvalue weighted by Crippen LogP contribution is -2.34. The van der Waals surface area contributed by atoms with Crippen molar-refractivity contribution in [2.24, 2.45) is 0 Å². The molecule has 1 atom stereocenters. The van der Waals surface area contributed by atoms with Gasteiger partial charge >= 0.3 is 5.97 Å². The van der Waals surface area contributed by atoms with Gasteiger partial charge in [0.2, 0.25) is 0 Å². The first-order valence-electron chi connectivity index (χ1n) is 6.98. The fourth-order valence-corrected chi connectivity index (χ4v) is 2.03. The van der Waals surface area contributed by atoms with Gasteiger partial charge in [-0.2, -0.15) is 0 Å². The van der Waals surface area contributed by atoms with Gasteiger partial charge in [0, 0.05) is 18.3 Å². The Labute approximate surface area is 115 Å². The maximum atomic E-state index is 11.1. The SMILES string of the molecule is CCCCN(c1cc(C(=O)O)cc(C)n1)C(C)CC. The summed E-state index contributed by atoms with van der Waals surface area (Å²) in [6.45, 7) is 9.20. The molecule has 0 bridgehead atoms. The van der Waals surface area contributed by atoms with E-state index in [0.29, 0.717) is 11.6 Å². The lowest BCUT2D eigenvalue weighted by molar-refractivity contribution is 0.0696. The summed E-state index contributed by atoms with van der Waals surface area (Å²) >= 11 is 0. The van der Waals surface area contributed by atoms with Crippen LogP contribution in [-0.2, 0) is 0 Å². The van der Waals surface area contributed by atoms with Gasteiger partial charge in [-0.1, -0.05) is 20.3 Å². The van der Waals surface area contributed by atoms with Crippen LogP contribution in [0.15, 0.2) is 12.1 Å². The zero-order chi connectivity index (χ0) is 14.4. The van der Waals surface area contributed by atoms with Crippen molar-refractivity contribution in [2.45, 2.75) is 53.0 Å². The van der Waals surface area contributed by atoms with Crippen molar-refractivity contribution < 1.29 is 9.90 Å². The number of aryl methyl sites for hydroxylation is 1. The Bertz CT molecular complexity index is 432. The number of aromatic carboxylic acids is 1. The van der Waals surface area contributed by atoms with Gasteiger partial charge in [-0.3, -0.25) is 0 Å². The van der Waals surface area contributed by atoms with E-state index in [-0.39, 0.29) is 0 Å². The summed E-state index contributed by atoms with van der Waals surface area (Å²) in [7, 11) is 0. The molecule has 1 unspecified atom stereocenters. The van der Waals surface area contributed by atoms with E-state index in [1.165, 1.54) is 0 Å². The lowest BCUT2D eigenvalue weighted by atomic mass is 10.1. The predicted octanol–water partition coefficient (Wildman–Crippen LogP) is 3.49. The normalized spacial score (nSPS) is 12.2. The van der Waals surface area contributed by atoms with Crippen LogP contribution in [-0.4, -0.2) is 28.6 Å². The lowest BCUT2D eigenvalue weighted by Gasteiger charge is -2.30. The molecule has 0 aliphatic carbocycles. The van der Waals surface area contributed by atoms with Crippen LogP contribution < -0.4 is 4.90 Å². The average Bonchev–Trinajstić information content (AvgIpc) is 2.38. The van der Waals surface area contributed by atoms with Crippen LogP contribution in [0.2, 0.25) is 0 Å². The van der Waals surface area contributed by atoms with Crippen LogP contribution in [0.25, 0.3) is 0 Å². The molecule has 0 aliphatic heterocycles. The number of aromatic nitrogens is 1. The van der Waals surface area contributed by atoms with Crippen molar-refractivity contribution in [1.82, 2.24) is 4.98 Å². The van der Waals surface area contributed by atoms with Crippen LogP contribution in [0.5, 0.6) is 0 Å². The Morgan fingerprint density at radius 3 is 2.63 bits per heavy atom. The number of carboxylic acids is 1. The molecular formula is C15H24N2O2. The Balaban J connectivity index is 3.10. The van der Waals surface area contributed by atoms with E-state index in [1.807, 2.05) is 6.92 Å². The molecule has 0 saturated heterocycles. The maximum absolute atomic E-state index is 11.1. The highest BCUT2D eigenvalue weighted by molar-refractivity contribution is 5.88. The molecule has 1 heterocycles. The highest BCUT2D eigenvalue weighted by Crippen LogP contribution is 2.19. The molecule has 0 spiro atoms. The number of hydrogen-bond donors (Lipinski definition) is 1. The van der Waals surface area contributed by atoms with Crippen molar-refractivity contribution in [3.8, 4) is 0 Å². The first-order chi connectivity index (χ1) is 8.99. The molecule has 0 saturated carbocycles. The fraction of sp³-hybridized carbons (Fsp3) is 0.600. The van der Waals surface area contributed by atoms with Gasteiger partial charge in [0.05, 0.1) is 5.56 Å². The van der Waals surface area contributed by atoms with Crippen molar-refractivity contribution in [2.75, 3.05) is 11.4 Å². The minimum absolute atomic E-state index is 0.312. The smallest absolute Gasteiger partial charge is 0.335 e. The van der Waals surface area contributed by atoms with Gasteiger partial charge in [0.1, 0.15) is 5.82 Å². The van der Waals surface area contributed by atoms with E-state index in [0.717, 1.165) is 37.3 Å². The van der Waals surface area contributed by atoms with Crippen LogP contribution in [0, 0.1) is 6.92 Å². The molecule has 4 heteroatoms. The monoisotopic (exact) mass is 264 g/mol. The molecule has 106 valence electrons. The summed E-state index contributed by atoms with van der Waals surface area (Å²) in [5, 5.41) is 9.14. The zero-order valence-corrected chi connectivity index (χ0v) is 12.3. The number of unbranched alkanes of at least 4 members (excludes halogenated alkanes) is 1. The van der Waals surface area contributed by atoms with Crippen molar-refractivity contribution in [1.29, 1.82) is 0 Å². The number of anilines is 1. The molecular weight excluding hydrogens is 240 g/mol. The van der Waals surface area contributed by atoms with E-state index < -0.39 is 5.97 Å². The number of carboxylic acid groups (broad SMARTS) is 1. The second-order valence-corrected chi connectivity index (χ2v) is 4.96. The first kappa shape index (κ1) is 15.5. The summed E-state index contributed by atoms with van der Waals surface area (Å²) in [6, 6.07) is 3.65. The van der Waals surface area contributed by atoms with Crippen molar-refractivity contribution in [3.05, 3.63) is 23.4 Å². The number of pyridine rings is 1. The number of rotatable bonds is 7. The number of nitrogens with zero attached hydrogens (tertiary/aromatic N) is 2. The molecule has 1 N–H and O–H groups in total. The summed E-state index contributed by atoms with van der Waals surface area (Å²) in [5.74, 6) is -0.119. The van der Waals surface area contributed by atoms with Crippen molar-refractivity contribution >= 4 is 11.8 Å². The molecule has 19 heavy (non-hydrogen) atoms. The van der Waals surface area contributed by atoms with Crippen molar-refractivity contribution in [3.63, 3.8) is 0 Å². The van der Waals surface area contributed by atoms with Gasteiger partial charge in [-0.05, 0) is 38.8 Å². The number of carbonyl (C=O) groups is 1. The predicted molar refractivity (Wildman–Crippen MR) is 77.9 cm³/mol. The molecule has 1 rings (SSSR count). The van der Waals surface area contributed by atoms with Gasteiger partial charge in [0.15, 0.2) is 0 Å². The van der Waals surface area contributed by atoms with E-state index >= 15 is 0 Å². The van der Waals surface area contributed by atoms with Crippen LogP contribution in [0.4, 0.5) is 5.82 Å². The Kier molecular flexibility index (Phi) is 5.80. The van der Waals surface area contributed by atoms with E-state index in [9.17, 15) is 4.79 Å². The Morgan fingerprint density at radius 2 is 2.11 bits per heavy atom. The van der Waals surface area contributed by atoms with E-state index in [1.54, 1.807) is 12.1 Å². The fourth-order valence-electron chi connectivity index (χ4n) is 2.03. The van der Waals surface area contributed by atoms with Gasteiger partial charge in [-0.15, -0.1) is 0 Å². The third-order valence-corrected chi connectivity index (χ3v) is 3.36. The second kappa shape index (κ2) is 7.12. The quantitative estimate of drug-likeness (QED) is 0.819. The minimum Gasteiger partial charge on any atom is -0.478 e. The van der Waals surface area contributed by atoms with Crippen LogP contribution >= 0.6 is 0 Å². The molecule has 0 aromatic carbocycles. The number of hydrogen-bond acceptors (Lipinski definition) is 3. The van der Waals surface area contributed by atoms with E-state index in [4.69, 9.17) is 5.11 Å². The summed E-state index contributed by atoms with van der Waals surface area (Å²) in [6.07, 6.45) is 3.22. The van der Waals surface area contributed by atoms with Gasteiger partial charge in [0.25, 0.3) is 0 Å². The van der Waals surface area contributed by atoms with Gasteiger partial charge in [-0.25, -0.2) is 9.78 Å². The summed E-state index contributed by atoms with van der Waals surface area (Å²) in [5.41, 5.74) is 1.06. The summed E-state index contributed by atoms with van der Waals surface area (Å²) in [4.78, 5) is 17.8. The molecule has 0 radical (unpaired) electrons. The van der Waals surface area contributed by atoms with Crippen LogP contribution in [0.1, 0.15) is 56.1 Å². The highest BCUT2D eigenvalue weighted by atomic mass is 16.4. The standard InChI is InChI=1S/C15H24N2O2/c1-5-7-8-17(12(4)6-2)14-10-13(15(18)19)9-11(3)16-14/h9-10,12H,5-8H2,1-4H3,(H,18,19). The van der Waals surface area contributed by atoms with Crippen LogP contribution in [0.3, 0.4) is 0 Å². The molecule has 1 aromatic heterocycles. The van der Waals surface area contributed by atoms with E-state index in [2.05, 4.69) is 30.7 Å². The Hall–Kier alpha value is -1.58. The average molecular weight is 264 g/mol.